The normalized spacial score (nSPS) is 13.5. The van der Waals surface area contributed by atoms with Crippen LogP contribution >= 0.6 is 11.3 Å². The third kappa shape index (κ3) is 6.32. The summed E-state index contributed by atoms with van der Waals surface area (Å²) in [6.45, 7) is 1.96. The van der Waals surface area contributed by atoms with Crippen molar-refractivity contribution >= 4 is 28.3 Å². The van der Waals surface area contributed by atoms with Crippen LogP contribution in [0, 0.1) is 24.5 Å². The number of carboxylic acid groups (broad SMARTS) is 1. The number of carboxylic acids is 1. The zero-order chi connectivity index (χ0) is 29.5. The summed E-state index contributed by atoms with van der Waals surface area (Å²) < 4.78 is 43.8. The second kappa shape index (κ2) is 12.3. The number of aromatic nitrogens is 3. The Kier molecular flexibility index (Phi) is 8.65. The summed E-state index contributed by atoms with van der Waals surface area (Å²) in [7, 11) is -2.19. The lowest BCUT2D eigenvalue weighted by Crippen LogP contribution is -2.04. The number of thiol groups is 1. The van der Waals surface area contributed by atoms with Crippen LogP contribution in [0.5, 0.6) is 0 Å². The van der Waals surface area contributed by atoms with E-state index >= 15 is 8.78 Å². The van der Waals surface area contributed by atoms with Gasteiger partial charge in [-0.3, -0.25) is 0 Å². The van der Waals surface area contributed by atoms with Crippen LogP contribution in [-0.2, 0) is 28.0 Å². The number of rotatable bonds is 9. The summed E-state index contributed by atoms with van der Waals surface area (Å²) >= 11 is 1.13. The Morgan fingerprint density at radius 3 is 2.42 bits per heavy atom. The maximum absolute atomic E-state index is 15.3. The van der Waals surface area contributed by atoms with Crippen LogP contribution < -0.4 is 5.14 Å². The van der Waals surface area contributed by atoms with Gasteiger partial charge in [0.25, 0.3) is 0 Å². The molecule has 2 aromatic heterocycles. The van der Waals surface area contributed by atoms with Gasteiger partial charge in [-0.1, -0.05) is 40.1 Å². The number of hydrogen-bond acceptors (Lipinski definition) is 6. The molecule has 1 aliphatic rings. The standard InChI is InChI=1S/C31H26F2N4O3S2.H2O/c1-17-2-6-19(7-3-17)23-14-21(9-11-25(23)32)29-24(13-20-8-10-22(42(34)40)15-26(20)33)27(12-18-4-5-18)36-37(29)31-35-28(16-41-31)30(38)39;/h2-3,6-11,14-16,18H,4-5,12-13H2,1H3,(H2,34,40)(H,38,39);1H2. The van der Waals surface area contributed by atoms with Gasteiger partial charge < -0.3 is 10.6 Å². The smallest absolute Gasteiger partial charge is 0.355 e. The van der Waals surface area contributed by atoms with Gasteiger partial charge in [-0.05, 0) is 67.5 Å². The second-order valence-corrected chi connectivity index (χ2v) is 12.5. The highest BCUT2D eigenvalue weighted by atomic mass is 32.2. The van der Waals surface area contributed by atoms with Crippen molar-refractivity contribution in [2.24, 2.45) is 11.1 Å². The zero-order valence-corrected chi connectivity index (χ0v) is 24.7. The highest BCUT2D eigenvalue weighted by Crippen LogP contribution is 2.39. The monoisotopic (exact) mass is 622 g/mol. The van der Waals surface area contributed by atoms with Gasteiger partial charge in [-0.15, -0.1) is 16.5 Å². The van der Waals surface area contributed by atoms with E-state index in [2.05, 4.69) is 4.98 Å². The molecule has 0 saturated heterocycles. The van der Waals surface area contributed by atoms with E-state index in [0.29, 0.717) is 45.4 Å². The Hall–Kier alpha value is -4.10. The van der Waals surface area contributed by atoms with Gasteiger partial charge in [0.2, 0.25) is 5.13 Å². The number of halogens is 2. The molecule has 1 fully saturated rings. The zero-order valence-electron chi connectivity index (χ0n) is 23.0. The summed E-state index contributed by atoms with van der Waals surface area (Å²) in [6.07, 6.45) is 2.93. The molecule has 0 spiro atoms. The van der Waals surface area contributed by atoms with Crippen LogP contribution in [0.15, 0.2) is 70.9 Å². The largest absolute Gasteiger partial charge is 0.870 e. The lowest BCUT2D eigenvalue weighted by molar-refractivity contribution is 0.0691. The number of nitrogens with two attached hydrogens (primary N) is 1. The number of aromatic carboxylic acids is 1. The van der Waals surface area contributed by atoms with Crippen LogP contribution in [0.3, 0.4) is 0 Å². The lowest BCUT2D eigenvalue weighted by Gasteiger charge is -2.12. The third-order valence-electron chi connectivity index (χ3n) is 7.40. The molecular formula is C31H28F2N4O4S2. The molecular weight excluding hydrogens is 594 g/mol. The molecule has 12 heteroatoms. The summed E-state index contributed by atoms with van der Waals surface area (Å²) in [6, 6.07) is 16.6. The first kappa shape index (κ1) is 30.4. The first-order valence-corrected chi connectivity index (χ1v) is 15.6. The first-order valence-electron chi connectivity index (χ1n) is 13.3. The number of aryl methyl sites for hydroxylation is 1. The number of carbonyl (C=O) groups is 1. The molecule has 0 bridgehead atoms. The Labute approximate surface area is 252 Å². The summed E-state index contributed by atoms with van der Waals surface area (Å²) in [5.41, 5.74) is 5.08. The SMILES string of the molecule is Cc1ccc(-c2cc(-c3c(Cc4ccc([SH+](N)=O)cc4F)c(CC4CC4)nn3-c3nc(C(=O)O)cs3)ccc2F)cc1.[OH-]. The molecule has 8 nitrogen and oxygen atoms in total. The molecule has 2 heterocycles. The highest BCUT2D eigenvalue weighted by Gasteiger charge is 2.29. The molecule has 3 aromatic carbocycles. The Morgan fingerprint density at radius 1 is 1.07 bits per heavy atom. The van der Waals surface area contributed by atoms with E-state index in [4.69, 9.17) is 10.2 Å². The van der Waals surface area contributed by atoms with Crippen molar-refractivity contribution in [1.82, 2.24) is 14.8 Å². The van der Waals surface area contributed by atoms with Crippen LogP contribution in [-0.4, -0.2) is 31.3 Å². The summed E-state index contributed by atoms with van der Waals surface area (Å²) in [5.74, 6) is -1.66. The van der Waals surface area contributed by atoms with Crippen molar-refractivity contribution in [3.63, 3.8) is 0 Å². The maximum atomic E-state index is 15.3. The van der Waals surface area contributed by atoms with Crippen LogP contribution in [0.2, 0.25) is 0 Å². The van der Waals surface area contributed by atoms with Gasteiger partial charge in [-0.2, -0.15) is 5.10 Å². The average molecular weight is 623 g/mol. The van der Waals surface area contributed by atoms with E-state index in [9.17, 15) is 14.1 Å². The van der Waals surface area contributed by atoms with Gasteiger partial charge in [0.15, 0.2) is 21.6 Å². The maximum Gasteiger partial charge on any atom is 0.355 e. The minimum Gasteiger partial charge on any atom is -0.870 e. The van der Waals surface area contributed by atoms with E-state index in [1.54, 1.807) is 28.9 Å². The minimum atomic E-state index is -2.19. The molecule has 0 radical (unpaired) electrons. The molecule has 43 heavy (non-hydrogen) atoms. The molecule has 1 atom stereocenters. The minimum absolute atomic E-state index is 0. The molecule has 0 aliphatic heterocycles. The Morgan fingerprint density at radius 2 is 1.79 bits per heavy atom. The van der Waals surface area contributed by atoms with Crippen molar-refractivity contribution in [1.29, 1.82) is 0 Å². The van der Waals surface area contributed by atoms with E-state index in [-0.39, 0.29) is 22.5 Å². The molecule has 0 amide bonds. The van der Waals surface area contributed by atoms with E-state index in [1.807, 2.05) is 31.2 Å². The first-order chi connectivity index (χ1) is 20.2. The number of nitrogens with zero attached hydrogens (tertiary/aromatic N) is 3. The number of hydrogen-bond donors (Lipinski definition) is 2. The Balaban J connectivity index is 0.00000368. The highest BCUT2D eigenvalue weighted by molar-refractivity contribution is 7.82. The van der Waals surface area contributed by atoms with Crippen LogP contribution in [0.25, 0.3) is 27.5 Å². The van der Waals surface area contributed by atoms with Gasteiger partial charge in [0.1, 0.15) is 11.6 Å². The molecule has 1 saturated carbocycles. The van der Waals surface area contributed by atoms with Crippen molar-refractivity contribution in [2.45, 2.75) is 37.5 Å². The van der Waals surface area contributed by atoms with Crippen LogP contribution in [0.1, 0.15) is 45.7 Å². The topological polar surface area (TPSA) is 141 Å². The van der Waals surface area contributed by atoms with Gasteiger partial charge in [0, 0.05) is 34.6 Å². The van der Waals surface area contributed by atoms with E-state index in [0.717, 1.165) is 41.0 Å². The van der Waals surface area contributed by atoms with Gasteiger partial charge in [-0.25, -0.2) is 23.2 Å². The van der Waals surface area contributed by atoms with Crippen molar-refractivity contribution in [2.75, 3.05) is 0 Å². The molecule has 222 valence electrons. The molecule has 6 rings (SSSR count). The summed E-state index contributed by atoms with van der Waals surface area (Å²) in [5, 5.41) is 21.7. The van der Waals surface area contributed by atoms with Crippen molar-refractivity contribution in [3.05, 3.63) is 106 Å². The van der Waals surface area contributed by atoms with Gasteiger partial charge >= 0.3 is 5.97 Å². The number of benzene rings is 3. The van der Waals surface area contributed by atoms with Gasteiger partial charge in [0.05, 0.1) is 11.4 Å². The number of thiazole rings is 1. The summed E-state index contributed by atoms with van der Waals surface area (Å²) in [4.78, 5) is 16.2. The molecule has 1 aliphatic carbocycles. The van der Waals surface area contributed by atoms with Crippen molar-refractivity contribution in [3.8, 4) is 27.5 Å². The fourth-order valence-corrected chi connectivity index (χ4v) is 6.19. The van der Waals surface area contributed by atoms with E-state index in [1.165, 1.54) is 17.5 Å². The molecule has 1 unspecified atom stereocenters. The second-order valence-electron chi connectivity index (χ2n) is 10.5. The average Bonchev–Trinajstić information content (AvgIpc) is 3.51. The van der Waals surface area contributed by atoms with E-state index < -0.39 is 28.6 Å². The Bertz CT molecular complexity index is 1850. The lowest BCUT2D eigenvalue weighted by atomic mass is 9.94. The van der Waals surface area contributed by atoms with Crippen LogP contribution in [0.4, 0.5) is 8.78 Å². The molecule has 5 aromatic rings. The fourth-order valence-electron chi connectivity index (χ4n) is 4.97. The third-order valence-corrected chi connectivity index (χ3v) is 9.00. The molecule has 4 N–H and O–H groups in total. The predicted molar refractivity (Wildman–Crippen MR) is 161 cm³/mol. The predicted octanol–water partition coefficient (Wildman–Crippen LogP) is 6.24. The van der Waals surface area contributed by atoms with Crippen molar-refractivity contribution < 1.29 is 28.4 Å². The fraction of sp³-hybridized carbons (Fsp3) is 0.194. The quantitative estimate of drug-likeness (QED) is 0.147.